The van der Waals surface area contributed by atoms with Crippen LogP contribution in [0.2, 0.25) is 0 Å². The minimum Gasteiger partial charge on any atom is -0.461 e. The quantitative estimate of drug-likeness (QED) is 0.488. The predicted molar refractivity (Wildman–Crippen MR) is 65.4 cm³/mol. The molecule has 0 aliphatic heterocycles. The van der Waals surface area contributed by atoms with Gasteiger partial charge in [-0.1, -0.05) is 11.3 Å². The minimum atomic E-state index is -0.569. The number of Topliss-reactive ketones (excluding diaryl/α,β-unsaturated/α-hetero) is 1. The topological polar surface area (TPSA) is 71.5 Å². The molecule has 94 valence electrons. The van der Waals surface area contributed by atoms with Gasteiger partial charge in [-0.25, -0.2) is 14.8 Å². The van der Waals surface area contributed by atoms with E-state index in [-0.39, 0.29) is 18.1 Å². The summed E-state index contributed by atoms with van der Waals surface area (Å²) in [4.78, 5) is 27.4. The van der Waals surface area contributed by atoms with E-state index < -0.39 is 5.97 Å². The van der Waals surface area contributed by atoms with Crippen LogP contribution in [-0.4, -0.2) is 42.4 Å². The highest BCUT2D eigenvalue weighted by atomic mass is 32.1. The second kappa shape index (κ2) is 5.74. The third kappa shape index (κ3) is 3.50. The van der Waals surface area contributed by atoms with E-state index in [1.165, 1.54) is 6.92 Å². The van der Waals surface area contributed by atoms with Crippen LogP contribution < -0.4 is 5.43 Å². The first-order valence-corrected chi connectivity index (χ1v) is 5.90. The summed E-state index contributed by atoms with van der Waals surface area (Å²) in [6, 6.07) is 0. The summed E-state index contributed by atoms with van der Waals surface area (Å²) >= 11 is 1.14. The lowest BCUT2D eigenvalue weighted by Gasteiger charge is -2.08. The maximum absolute atomic E-state index is 11.6. The number of ether oxygens (including phenoxy) is 1. The number of ketones is 1. The number of rotatable bonds is 5. The van der Waals surface area contributed by atoms with Crippen LogP contribution in [0.3, 0.4) is 0 Å². The summed E-state index contributed by atoms with van der Waals surface area (Å²) in [5, 5.41) is 2.17. The van der Waals surface area contributed by atoms with Crippen LogP contribution in [0.1, 0.15) is 34.0 Å². The second-order valence-corrected chi connectivity index (χ2v) is 4.48. The zero-order valence-corrected chi connectivity index (χ0v) is 11.1. The normalized spacial score (nSPS) is 10.4. The van der Waals surface area contributed by atoms with E-state index in [1.54, 1.807) is 26.0 Å². The molecule has 0 aliphatic carbocycles. The van der Waals surface area contributed by atoms with Crippen LogP contribution >= 0.6 is 11.3 Å². The molecule has 0 saturated carbocycles. The van der Waals surface area contributed by atoms with Crippen molar-refractivity contribution in [1.82, 2.24) is 9.99 Å². The van der Waals surface area contributed by atoms with Crippen LogP contribution in [0, 0.1) is 0 Å². The Bertz CT molecular complexity index is 428. The molecule has 0 bridgehead atoms. The lowest BCUT2D eigenvalue weighted by molar-refractivity contribution is 0.0517. The molecule has 0 atom stereocenters. The fourth-order valence-corrected chi connectivity index (χ4v) is 2.06. The van der Waals surface area contributed by atoms with Gasteiger partial charge in [-0.3, -0.25) is 10.2 Å². The molecule has 0 unspecified atom stereocenters. The number of hydrazine groups is 1. The van der Waals surface area contributed by atoms with Crippen LogP contribution in [0.5, 0.6) is 0 Å². The number of anilines is 1. The van der Waals surface area contributed by atoms with Gasteiger partial charge in [-0.2, -0.15) is 0 Å². The van der Waals surface area contributed by atoms with E-state index in [9.17, 15) is 9.59 Å². The predicted octanol–water partition coefficient (Wildman–Crippen LogP) is 1.41. The highest BCUT2D eigenvalue weighted by Crippen LogP contribution is 2.24. The Kier molecular flexibility index (Phi) is 4.59. The fraction of sp³-hybridized carbons (Fsp3) is 0.500. The average Bonchev–Trinajstić information content (AvgIpc) is 2.61. The first kappa shape index (κ1) is 13.6. The summed E-state index contributed by atoms with van der Waals surface area (Å²) in [5.74, 6) is -0.766. The monoisotopic (exact) mass is 257 g/mol. The number of nitrogens with zero attached hydrogens (tertiary/aromatic N) is 2. The van der Waals surface area contributed by atoms with Crippen molar-refractivity contribution >= 4 is 28.2 Å². The molecule has 1 N–H and O–H groups in total. The van der Waals surface area contributed by atoms with Crippen LogP contribution in [0.4, 0.5) is 5.13 Å². The summed E-state index contributed by atoms with van der Waals surface area (Å²) in [6.45, 7) is 3.36. The van der Waals surface area contributed by atoms with Gasteiger partial charge in [-0.05, 0) is 6.92 Å². The molecule has 0 fully saturated rings. The molecule has 1 aromatic rings. The third-order valence-electron chi connectivity index (χ3n) is 1.73. The molecule has 1 rings (SSSR count). The Labute approximate surface area is 104 Å². The smallest absolute Gasteiger partial charge is 0.358 e. The van der Waals surface area contributed by atoms with Crippen molar-refractivity contribution < 1.29 is 14.3 Å². The summed E-state index contributed by atoms with van der Waals surface area (Å²) in [5.41, 5.74) is 2.98. The molecule has 0 spiro atoms. The van der Waals surface area contributed by atoms with E-state index >= 15 is 0 Å². The first-order chi connectivity index (χ1) is 7.95. The Morgan fingerprint density at radius 3 is 2.59 bits per heavy atom. The molecular weight excluding hydrogens is 242 g/mol. The molecule has 7 heteroatoms. The van der Waals surface area contributed by atoms with Gasteiger partial charge in [0.15, 0.2) is 16.6 Å². The molecular formula is C10H15N3O3S. The van der Waals surface area contributed by atoms with Gasteiger partial charge < -0.3 is 4.74 Å². The Morgan fingerprint density at radius 1 is 1.47 bits per heavy atom. The van der Waals surface area contributed by atoms with Crippen molar-refractivity contribution in [2.75, 3.05) is 26.1 Å². The van der Waals surface area contributed by atoms with Crippen LogP contribution in [0.15, 0.2) is 0 Å². The van der Waals surface area contributed by atoms with E-state index in [1.807, 2.05) is 0 Å². The fourth-order valence-electron chi connectivity index (χ4n) is 1.14. The van der Waals surface area contributed by atoms with Gasteiger partial charge in [0.05, 0.1) is 6.61 Å². The Hall–Kier alpha value is -1.47. The molecule has 1 heterocycles. The van der Waals surface area contributed by atoms with Crippen molar-refractivity contribution in [2.45, 2.75) is 13.8 Å². The number of carbonyl (C=O) groups is 2. The molecule has 0 saturated heterocycles. The molecule has 17 heavy (non-hydrogen) atoms. The van der Waals surface area contributed by atoms with Gasteiger partial charge in [0, 0.05) is 21.0 Å². The maximum atomic E-state index is 11.6. The molecule has 0 radical (unpaired) electrons. The van der Waals surface area contributed by atoms with Gasteiger partial charge in [0.2, 0.25) is 0 Å². The number of hydrogen-bond donors (Lipinski definition) is 1. The average molecular weight is 257 g/mol. The van der Waals surface area contributed by atoms with E-state index in [0.717, 1.165) is 11.3 Å². The lowest BCUT2D eigenvalue weighted by atomic mass is 10.3. The number of esters is 1. The number of aromatic nitrogens is 1. The van der Waals surface area contributed by atoms with Crippen LogP contribution in [-0.2, 0) is 4.74 Å². The zero-order valence-electron chi connectivity index (χ0n) is 10.2. The Balaban J connectivity index is 3.05. The molecule has 0 amide bonds. The third-order valence-corrected chi connectivity index (χ3v) is 2.80. The van der Waals surface area contributed by atoms with Gasteiger partial charge in [0.1, 0.15) is 4.88 Å². The van der Waals surface area contributed by atoms with Crippen LogP contribution in [0.25, 0.3) is 0 Å². The van der Waals surface area contributed by atoms with Gasteiger partial charge >= 0.3 is 5.97 Å². The summed E-state index contributed by atoms with van der Waals surface area (Å²) in [6.07, 6.45) is 0. The molecule has 6 nitrogen and oxygen atoms in total. The van der Waals surface area contributed by atoms with Crippen molar-refractivity contribution in [2.24, 2.45) is 0 Å². The van der Waals surface area contributed by atoms with Gasteiger partial charge in [0.25, 0.3) is 0 Å². The highest BCUT2D eigenvalue weighted by Gasteiger charge is 2.22. The molecule has 0 aromatic carbocycles. The highest BCUT2D eigenvalue weighted by molar-refractivity contribution is 7.17. The zero-order chi connectivity index (χ0) is 13.0. The Morgan fingerprint density at radius 2 is 2.12 bits per heavy atom. The van der Waals surface area contributed by atoms with E-state index in [2.05, 4.69) is 10.4 Å². The van der Waals surface area contributed by atoms with Crippen molar-refractivity contribution in [3.63, 3.8) is 0 Å². The lowest BCUT2D eigenvalue weighted by Crippen LogP contribution is -2.19. The number of hydrogen-bond acceptors (Lipinski definition) is 7. The molecule has 0 aliphatic rings. The maximum Gasteiger partial charge on any atom is 0.358 e. The SMILES string of the molecule is CCOC(=O)c1nc(NN(C)C)sc1C(C)=O. The molecule has 1 aromatic heterocycles. The summed E-state index contributed by atoms with van der Waals surface area (Å²) in [7, 11) is 3.58. The minimum absolute atomic E-state index is 0.0775. The standard InChI is InChI=1S/C10H15N3O3S/c1-5-16-9(15)7-8(6(2)14)17-10(11-7)12-13(3)4/h5H2,1-4H3,(H,11,12). The van der Waals surface area contributed by atoms with E-state index in [0.29, 0.717) is 10.0 Å². The van der Waals surface area contributed by atoms with Gasteiger partial charge in [-0.15, -0.1) is 0 Å². The van der Waals surface area contributed by atoms with Crippen molar-refractivity contribution in [3.05, 3.63) is 10.6 Å². The van der Waals surface area contributed by atoms with E-state index in [4.69, 9.17) is 4.74 Å². The summed E-state index contributed by atoms with van der Waals surface area (Å²) < 4.78 is 4.85. The number of carbonyl (C=O) groups excluding carboxylic acids is 2. The number of nitrogens with one attached hydrogen (secondary N) is 1. The second-order valence-electron chi connectivity index (χ2n) is 3.48. The first-order valence-electron chi connectivity index (χ1n) is 5.08. The van der Waals surface area contributed by atoms with Crippen molar-refractivity contribution in [3.8, 4) is 0 Å². The number of thiazole rings is 1. The van der Waals surface area contributed by atoms with Crippen molar-refractivity contribution in [1.29, 1.82) is 0 Å². The largest absolute Gasteiger partial charge is 0.461 e.